The van der Waals surface area contributed by atoms with Crippen molar-refractivity contribution in [3.8, 4) is 5.75 Å². The number of nitrogens with zero attached hydrogens (tertiary/aromatic N) is 1. The molecule has 1 amide bonds. The molecule has 0 aromatic heterocycles. The highest BCUT2D eigenvalue weighted by atomic mass is 16.5. The van der Waals surface area contributed by atoms with Gasteiger partial charge in [-0.3, -0.25) is 9.59 Å². The minimum Gasteiger partial charge on any atom is -0.493 e. The predicted molar refractivity (Wildman–Crippen MR) is 78.6 cm³/mol. The van der Waals surface area contributed by atoms with Gasteiger partial charge in [0.15, 0.2) is 0 Å². The van der Waals surface area contributed by atoms with Gasteiger partial charge in [0.1, 0.15) is 5.75 Å². The number of carbonyl (C=O) groups excluding carboxylic acids is 1. The van der Waals surface area contributed by atoms with E-state index in [0.29, 0.717) is 5.75 Å². The SMILES string of the molecule is O=CN(c1ccc(OCCC(=O)O)cc1)[C@H]1CCCNC1. The summed E-state index contributed by atoms with van der Waals surface area (Å²) in [5, 5.41) is 11.8. The second kappa shape index (κ2) is 7.64. The second-order valence-electron chi connectivity index (χ2n) is 5.00. The van der Waals surface area contributed by atoms with E-state index >= 15 is 0 Å². The van der Waals surface area contributed by atoms with E-state index in [1.807, 2.05) is 12.1 Å². The predicted octanol–water partition coefficient (Wildman–Crippen LogP) is 1.25. The number of benzene rings is 1. The van der Waals surface area contributed by atoms with Crippen molar-refractivity contribution in [2.24, 2.45) is 0 Å². The summed E-state index contributed by atoms with van der Waals surface area (Å²) in [4.78, 5) is 23.5. The molecule has 0 spiro atoms. The van der Waals surface area contributed by atoms with Crippen molar-refractivity contribution in [1.29, 1.82) is 0 Å². The minimum atomic E-state index is -0.886. The van der Waals surface area contributed by atoms with Crippen LogP contribution in [0, 0.1) is 0 Å². The monoisotopic (exact) mass is 292 g/mol. The Kier molecular flexibility index (Phi) is 5.57. The normalized spacial score (nSPS) is 18.0. The summed E-state index contributed by atoms with van der Waals surface area (Å²) in [6.07, 6.45) is 2.88. The number of piperidine rings is 1. The lowest BCUT2D eigenvalue weighted by Crippen LogP contribution is -2.45. The minimum absolute atomic E-state index is 0.0318. The highest BCUT2D eigenvalue weighted by Gasteiger charge is 2.20. The number of carboxylic acids is 1. The number of carbonyl (C=O) groups is 2. The Morgan fingerprint density at radius 2 is 2.19 bits per heavy atom. The van der Waals surface area contributed by atoms with E-state index in [9.17, 15) is 9.59 Å². The van der Waals surface area contributed by atoms with Crippen LogP contribution in [-0.4, -0.2) is 43.2 Å². The molecule has 1 atom stereocenters. The number of amides is 1. The zero-order chi connectivity index (χ0) is 15.1. The number of carboxylic acid groups (broad SMARTS) is 1. The smallest absolute Gasteiger partial charge is 0.306 e. The Bertz CT molecular complexity index is 469. The van der Waals surface area contributed by atoms with Crippen LogP contribution in [0.3, 0.4) is 0 Å². The molecular weight excluding hydrogens is 272 g/mol. The van der Waals surface area contributed by atoms with Gasteiger partial charge in [-0.2, -0.15) is 0 Å². The number of rotatable bonds is 7. The Morgan fingerprint density at radius 3 is 2.76 bits per heavy atom. The van der Waals surface area contributed by atoms with Gasteiger partial charge in [-0.25, -0.2) is 0 Å². The largest absolute Gasteiger partial charge is 0.493 e. The summed E-state index contributed by atoms with van der Waals surface area (Å²) in [5.74, 6) is -0.281. The maximum atomic E-state index is 11.3. The Labute approximate surface area is 123 Å². The Morgan fingerprint density at radius 1 is 1.43 bits per heavy atom. The molecule has 1 fully saturated rings. The van der Waals surface area contributed by atoms with E-state index in [1.165, 1.54) is 0 Å². The van der Waals surface area contributed by atoms with Crippen molar-refractivity contribution in [2.45, 2.75) is 25.3 Å². The Balaban J connectivity index is 1.95. The first-order valence-corrected chi connectivity index (χ1v) is 7.09. The molecule has 1 aliphatic rings. The van der Waals surface area contributed by atoms with Crippen molar-refractivity contribution in [2.75, 3.05) is 24.6 Å². The summed E-state index contributed by atoms with van der Waals surface area (Å²) in [6, 6.07) is 7.32. The van der Waals surface area contributed by atoms with E-state index in [-0.39, 0.29) is 19.1 Å². The molecule has 1 aromatic carbocycles. The molecule has 2 rings (SSSR count). The number of hydrogen-bond donors (Lipinski definition) is 2. The Hall–Kier alpha value is -2.08. The molecular formula is C15H20N2O4. The third-order valence-corrected chi connectivity index (χ3v) is 3.50. The molecule has 1 aliphatic heterocycles. The van der Waals surface area contributed by atoms with E-state index in [1.54, 1.807) is 17.0 Å². The van der Waals surface area contributed by atoms with Gasteiger partial charge in [-0.05, 0) is 43.7 Å². The van der Waals surface area contributed by atoms with Gasteiger partial charge in [0.05, 0.1) is 13.0 Å². The number of anilines is 1. The lowest BCUT2D eigenvalue weighted by molar-refractivity contribution is -0.137. The first kappa shape index (κ1) is 15.3. The summed E-state index contributed by atoms with van der Waals surface area (Å²) in [6.45, 7) is 1.94. The summed E-state index contributed by atoms with van der Waals surface area (Å²) >= 11 is 0. The van der Waals surface area contributed by atoms with Crippen LogP contribution in [0.5, 0.6) is 5.75 Å². The van der Waals surface area contributed by atoms with Gasteiger partial charge in [0.2, 0.25) is 6.41 Å². The van der Waals surface area contributed by atoms with Crippen molar-refractivity contribution < 1.29 is 19.4 Å². The van der Waals surface area contributed by atoms with E-state index in [4.69, 9.17) is 9.84 Å². The van der Waals surface area contributed by atoms with Gasteiger partial charge in [0, 0.05) is 18.3 Å². The summed E-state index contributed by atoms with van der Waals surface area (Å²) in [5.41, 5.74) is 0.823. The maximum absolute atomic E-state index is 11.3. The number of aliphatic carboxylic acids is 1. The van der Waals surface area contributed by atoms with Crippen LogP contribution in [0.4, 0.5) is 5.69 Å². The fourth-order valence-electron chi connectivity index (χ4n) is 2.40. The molecule has 21 heavy (non-hydrogen) atoms. The molecule has 0 saturated carbocycles. The maximum Gasteiger partial charge on any atom is 0.306 e. The molecule has 0 unspecified atom stereocenters. The summed E-state index contributed by atoms with van der Waals surface area (Å²) < 4.78 is 5.33. The quantitative estimate of drug-likeness (QED) is 0.740. The van der Waals surface area contributed by atoms with E-state index < -0.39 is 5.97 Å². The fraction of sp³-hybridized carbons (Fsp3) is 0.467. The van der Waals surface area contributed by atoms with Gasteiger partial charge in [-0.1, -0.05) is 0 Å². The van der Waals surface area contributed by atoms with Gasteiger partial charge >= 0.3 is 5.97 Å². The average Bonchev–Trinajstić information content (AvgIpc) is 2.50. The molecule has 1 heterocycles. The first-order chi connectivity index (χ1) is 10.2. The lowest BCUT2D eigenvalue weighted by atomic mass is 10.1. The highest BCUT2D eigenvalue weighted by Crippen LogP contribution is 2.22. The number of hydrogen-bond acceptors (Lipinski definition) is 4. The van der Waals surface area contributed by atoms with Crippen molar-refractivity contribution in [3.05, 3.63) is 24.3 Å². The molecule has 6 heteroatoms. The molecule has 0 radical (unpaired) electrons. The summed E-state index contributed by atoms with van der Waals surface area (Å²) in [7, 11) is 0. The van der Waals surface area contributed by atoms with Gasteiger partial charge < -0.3 is 20.1 Å². The molecule has 0 aliphatic carbocycles. The second-order valence-corrected chi connectivity index (χ2v) is 5.00. The zero-order valence-corrected chi connectivity index (χ0v) is 11.8. The van der Waals surface area contributed by atoms with Crippen LogP contribution in [0.1, 0.15) is 19.3 Å². The first-order valence-electron chi connectivity index (χ1n) is 7.09. The molecule has 1 saturated heterocycles. The molecule has 2 N–H and O–H groups in total. The van der Waals surface area contributed by atoms with E-state index in [0.717, 1.165) is 38.0 Å². The average molecular weight is 292 g/mol. The topological polar surface area (TPSA) is 78.9 Å². The highest BCUT2D eigenvalue weighted by molar-refractivity contribution is 5.76. The molecule has 6 nitrogen and oxygen atoms in total. The van der Waals surface area contributed by atoms with Crippen LogP contribution in [0.25, 0.3) is 0 Å². The van der Waals surface area contributed by atoms with E-state index in [2.05, 4.69) is 5.32 Å². The van der Waals surface area contributed by atoms with Crippen LogP contribution < -0.4 is 15.0 Å². The van der Waals surface area contributed by atoms with Crippen molar-refractivity contribution >= 4 is 18.1 Å². The zero-order valence-electron chi connectivity index (χ0n) is 11.8. The van der Waals surface area contributed by atoms with Crippen molar-refractivity contribution in [1.82, 2.24) is 5.32 Å². The number of nitrogens with one attached hydrogen (secondary N) is 1. The van der Waals surface area contributed by atoms with Crippen LogP contribution in [-0.2, 0) is 9.59 Å². The third kappa shape index (κ3) is 4.46. The number of ether oxygens (including phenoxy) is 1. The van der Waals surface area contributed by atoms with Crippen molar-refractivity contribution in [3.63, 3.8) is 0 Å². The van der Waals surface area contributed by atoms with Gasteiger partial charge in [0.25, 0.3) is 0 Å². The lowest BCUT2D eigenvalue weighted by Gasteiger charge is -2.31. The molecule has 1 aromatic rings. The van der Waals surface area contributed by atoms with Crippen LogP contribution in [0.2, 0.25) is 0 Å². The molecule has 114 valence electrons. The van der Waals surface area contributed by atoms with Crippen LogP contribution in [0.15, 0.2) is 24.3 Å². The standard InChI is InChI=1S/C15H20N2O4/c18-11-17(13-2-1-8-16-10-13)12-3-5-14(6-4-12)21-9-7-15(19)20/h3-6,11,13,16H,1-2,7-10H2,(H,19,20)/t13-/m0/s1. The van der Waals surface area contributed by atoms with Gasteiger partial charge in [-0.15, -0.1) is 0 Å². The molecule has 0 bridgehead atoms. The third-order valence-electron chi connectivity index (χ3n) is 3.50. The van der Waals surface area contributed by atoms with Crippen LogP contribution >= 0.6 is 0 Å². The fourth-order valence-corrected chi connectivity index (χ4v) is 2.40.